The first-order valence-electron chi connectivity index (χ1n) is 10.4. The molecular formula is C23H28N2O4S. The van der Waals surface area contributed by atoms with E-state index < -0.39 is 5.97 Å². The number of benzene rings is 1. The molecule has 1 aromatic carbocycles. The molecule has 0 saturated carbocycles. The van der Waals surface area contributed by atoms with Crippen LogP contribution in [0.2, 0.25) is 0 Å². The number of fused-ring (bicyclic) bond motifs is 1. The minimum atomic E-state index is -0.975. The zero-order chi connectivity index (χ0) is 21.5. The van der Waals surface area contributed by atoms with Gasteiger partial charge < -0.3 is 20.1 Å². The number of carboxylic acids is 1. The molecule has 2 heterocycles. The van der Waals surface area contributed by atoms with Crippen LogP contribution in [0.1, 0.15) is 64.3 Å². The Balaban J connectivity index is 1.57. The van der Waals surface area contributed by atoms with Crippen LogP contribution >= 0.6 is 11.3 Å². The fraction of sp³-hybridized carbons (Fsp3) is 0.478. The highest BCUT2D eigenvalue weighted by Crippen LogP contribution is 2.49. The molecule has 1 aliphatic heterocycles. The van der Waals surface area contributed by atoms with Crippen molar-refractivity contribution in [3.05, 3.63) is 45.8 Å². The fourth-order valence-corrected chi connectivity index (χ4v) is 6.27. The van der Waals surface area contributed by atoms with Gasteiger partial charge in [0.15, 0.2) is 0 Å². The van der Waals surface area contributed by atoms with Crippen molar-refractivity contribution in [1.29, 1.82) is 0 Å². The summed E-state index contributed by atoms with van der Waals surface area (Å²) in [6.45, 7) is 9.58. The number of hydrogen-bond acceptors (Lipinski definition) is 5. The van der Waals surface area contributed by atoms with Gasteiger partial charge in [0.1, 0.15) is 5.00 Å². The van der Waals surface area contributed by atoms with Crippen LogP contribution in [0.4, 0.5) is 10.7 Å². The molecule has 0 radical (unpaired) electrons. The van der Waals surface area contributed by atoms with E-state index in [1.807, 2.05) is 12.1 Å². The number of ether oxygens (including phenoxy) is 1. The summed E-state index contributed by atoms with van der Waals surface area (Å²) in [4.78, 5) is 28.2. The maximum atomic E-state index is 12.9. The van der Waals surface area contributed by atoms with E-state index in [-0.39, 0.29) is 22.8 Å². The van der Waals surface area contributed by atoms with Gasteiger partial charge in [-0.15, -0.1) is 11.3 Å². The van der Waals surface area contributed by atoms with Crippen LogP contribution in [-0.4, -0.2) is 43.3 Å². The maximum absolute atomic E-state index is 12.9. The Kier molecular flexibility index (Phi) is 5.59. The number of hydrogen-bond donors (Lipinski definition) is 2. The second-order valence-electron chi connectivity index (χ2n) is 8.99. The van der Waals surface area contributed by atoms with Gasteiger partial charge in [0.2, 0.25) is 0 Å². The molecule has 1 aromatic heterocycles. The van der Waals surface area contributed by atoms with Gasteiger partial charge >= 0.3 is 5.97 Å². The molecule has 2 N–H and O–H groups in total. The third-order valence-electron chi connectivity index (χ3n) is 5.96. The summed E-state index contributed by atoms with van der Waals surface area (Å²) in [5, 5.41) is 13.2. The van der Waals surface area contributed by atoms with E-state index in [4.69, 9.17) is 4.74 Å². The Morgan fingerprint density at radius 2 is 1.87 bits per heavy atom. The van der Waals surface area contributed by atoms with Crippen molar-refractivity contribution >= 4 is 33.9 Å². The molecule has 6 nitrogen and oxygen atoms in total. The van der Waals surface area contributed by atoms with Gasteiger partial charge in [-0.3, -0.25) is 4.79 Å². The van der Waals surface area contributed by atoms with E-state index in [0.717, 1.165) is 42.1 Å². The van der Waals surface area contributed by atoms with Crippen molar-refractivity contribution in [2.75, 3.05) is 36.5 Å². The number of thiophene rings is 1. The third kappa shape index (κ3) is 4.09. The van der Waals surface area contributed by atoms with Gasteiger partial charge in [-0.2, -0.15) is 0 Å². The lowest BCUT2D eigenvalue weighted by Gasteiger charge is -2.33. The second-order valence-corrected chi connectivity index (χ2v) is 10.1. The number of nitrogens with one attached hydrogen (secondary N) is 1. The SMILES string of the molecule is CC1CC(C)(C)Cc2sc(NC(=O)c3ccc(N4CCOCC4)cc3)c(C(=O)O)c21. The van der Waals surface area contributed by atoms with Crippen molar-refractivity contribution in [3.8, 4) is 0 Å². The average molecular weight is 429 g/mol. The molecule has 1 aliphatic carbocycles. The van der Waals surface area contributed by atoms with Crippen molar-refractivity contribution < 1.29 is 19.4 Å². The maximum Gasteiger partial charge on any atom is 0.339 e. The number of rotatable bonds is 4. The zero-order valence-corrected chi connectivity index (χ0v) is 18.5. The van der Waals surface area contributed by atoms with E-state index in [9.17, 15) is 14.7 Å². The molecular weight excluding hydrogens is 400 g/mol. The van der Waals surface area contributed by atoms with Gasteiger partial charge in [0, 0.05) is 29.2 Å². The number of morpholine rings is 1. The van der Waals surface area contributed by atoms with Gasteiger partial charge in [-0.25, -0.2) is 4.79 Å². The Labute approximate surface area is 180 Å². The predicted molar refractivity (Wildman–Crippen MR) is 119 cm³/mol. The van der Waals surface area contributed by atoms with E-state index in [1.165, 1.54) is 11.3 Å². The van der Waals surface area contributed by atoms with Crippen LogP contribution in [0, 0.1) is 5.41 Å². The highest BCUT2D eigenvalue weighted by atomic mass is 32.1. The molecule has 30 heavy (non-hydrogen) atoms. The lowest BCUT2D eigenvalue weighted by atomic mass is 9.72. The molecule has 2 aliphatic rings. The summed E-state index contributed by atoms with van der Waals surface area (Å²) in [6, 6.07) is 7.45. The number of amides is 1. The van der Waals surface area contributed by atoms with Crippen molar-refractivity contribution in [1.82, 2.24) is 0 Å². The largest absolute Gasteiger partial charge is 0.478 e. The van der Waals surface area contributed by atoms with E-state index in [0.29, 0.717) is 23.8 Å². The van der Waals surface area contributed by atoms with E-state index in [1.54, 1.807) is 12.1 Å². The summed E-state index contributed by atoms with van der Waals surface area (Å²) in [5.74, 6) is -1.10. The molecule has 1 amide bonds. The third-order valence-corrected chi connectivity index (χ3v) is 7.08. The van der Waals surface area contributed by atoms with Gasteiger partial charge in [-0.1, -0.05) is 20.8 Å². The van der Waals surface area contributed by atoms with Crippen molar-refractivity contribution in [2.45, 2.75) is 39.5 Å². The first-order valence-corrected chi connectivity index (χ1v) is 11.2. The highest BCUT2D eigenvalue weighted by Gasteiger charge is 2.36. The molecule has 7 heteroatoms. The van der Waals surface area contributed by atoms with E-state index >= 15 is 0 Å². The highest BCUT2D eigenvalue weighted by molar-refractivity contribution is 7.17. The number of aromatic carboxylic acids is 1. The summed E-state index contributed by atoms with van der Waals surface area (Å²) < 4.78 is 5.38. The number of carboxylic acid groups (broad SMARTS) is 1. The minimum Gasteiger partial charge on any atom is -0.478 e. The number of anilines is 2. The smallest absolute Gasteiger partial charge is 0.339 e. The van der Waals surface area contributed by atoms with Crippen molar-refractivity contribution in [2.24, 2.45) is 5.41 Å². The summed E-state index contributed by atoms with van der Waals surface area (Å²) >= 11 is 1.41. The Bertz CT molecular complexity index is 958. The topological polar surface area (TPSA) is 78.9 Å². The monoisotopic (exact) mass is 428 g/mol. The van der Waals surface area contributed by atoms with Crippen LogP contribution in [0.25, 0.3) is 0 Å². The lowest BCUT2D eigenvalue weighted by Crippen LogP contribution is -2.36. The van der Waals surface area contributed by atoms with E-state index in [2.05, 4.69) is 31.0 Å². The summed E-state index contributed by atoms with van der Waals surface area (Å²) in [5.41, 5.74) is 2.86. The van der Waals surface area contributed by atoms with Gasteiger partial charge in [0.05, 0.1) is 18.8 Å². The molecule has 2 aromatic rings. The van der Waals surface area contributed by atoms with Crippen LogP contribution in [0.3, 0.4) is 0 Å². The Hall–Kier alpha value is -2.38. The second kappa shape index (κ2) is 8.04. The molecule has 1 atom stereocenters. The fourth-order valence-electron chi connectivity index (χ4n) is 4.70. The number of carbonyl (C=O) groups excluding carboxylic acids is 1. The normalized spacial score (nSPS) is 20.5. The molecule has 0 spiro atoms. The molecule has 1 unspecified atom stereocenters. The Morgan fingerprint density at radius 3 is 2.50 bits per heavy atom. The average Bonchev–Trinajstić information content (AvgIpc) is 3.05. The van der Waals surface area contributed by atoms with Gasteiger partial charge in [0.25, 0.3) is 5.91 Å². The first-order chi connectivity index (χ1) is 14.2. The standard InChI is InChI=1S/C23H28N2O4S/c1-14-12-23(2,3)13-17-18(14)19(22(27)28)21(30-17)24-20(26)15-4-6-16(7-5-15)25-8-10-29-11-9-25/h4-7,14H,8-13H2,1-3H3,(H,24,26)(H,27,28). The molecule has 0 bridgehead atoms. The zero-order valence-electron chi connectivity index (χ0n) is 17.7. The minimum absolute atomic E-state index is 0.129. The number of carbonyl (C=O) groups is 2. The summed E-state index contributed by atoms with van der Waals surface area (Å²) in [7, 11) is 0. The summed E-state index contributed by atoms with van der Waals surface area (Å²) in [6.07, 6.45) is 1.77. The lowest BCUT2D eigenvalue weighted by molar-refractivity contribution is 0.0695. The molecule has 1 saturated heterocycles. The number of nitrogens with zero attached hydrogens (tertiary/aromatic N) is 1. The molecule has 1 fully saturated rings. The molecule has 4 rings (SSSR count). The quantitative estimate of drug-likeness (QED) is 0.743. The van der Waals surface area contributed by atoms with Crippen molar-refractivity contribution in [3.63, 3.8) is 0 Å². The van der Waals surface area contributed by atoms with Crippen LogP contribution in [0.15, 0.2) is 24.3 Å². The predicted octanol–water partition coefficient (Wildman–Crippen LogP) is 4.61. The first kappa shape index (κ1) is 20.9. The van der Waals surface area contributed by atoms with Crippen LogP contribution < -0.4 is 10.2 Å². The van der Waals surface area contributed by atoms with Crippen LogP contribution in [-0.2, 0) is 11.2 Å². The van der Waals surface area contributed by atoms with Gasteiger partial charge in [-0.05, 0) is 54.0 Å². The Morgan fingerprint density at radius 1 is 1.20 bits per heavy atom. The van der Waals surface area contributed by atoms with Crippen LogP contribution in [0.5, 0.6) is 0 Å². The molecule has 160 valence electrons.